The summed E-state index contributed by atoms with van der Waals surface area (Å²) in [6.07, 6.45) is 4.09. The third-order valence-electron chi connectivity index (χ3n) is 2.36. The van der Waals surface area contributed by atoms with Crippen molar-refractivity contribution in [3.8, 4) is 5.75 Å². The standard InChI is InChI=1S/C14H21NO.ClH/c1-12(2)13-7-6-8-14(11-13)16-10-5-4-9-15-3;/h4-8,11-12,15H,9-10H2,1-3H3;1H/b5-4+;. The first-order valence-electron chi connectivity index (χ1n) is 5.76. The zero-order valence-electron chi connectivity index (χ0n) is 10.8. The molecule has 0 unspecified atom stereocenters. The number of ether oxygens (including phenoxy) is 1. The molecule has 1 aromatic rings. The second kappa shape index (κ2) is 9.08. The Hall–Kier alpha value is -0.990. The van der Waals surface area contributed by atoms with Gasteiger partial charge in [-0.15, -0.1) is 12.4 Å². The van der Waals surface area contributed by atoms with Crippen LogP contribution in [0.3, 0.4) is 0 Å². The lowest BCUT2D eigenvalue weighted by atomic mass is 10.0. The predicted molar refractivity (Wildman–Crippen MR) is 76.3 cm³/mol. The first-order chi connectivity index (χ1) is 7.74. The fourth-order valence-electron chi connectivity index (χ4n) is 1.38. The quantitative estimate of drug-likeness (QED) is 0.787. The van der Waals surface area contributed by atoms with Gasteiger partial charge in [0.1, 0.15) is 12.4 Å². The average molecular weight is 256 g/mol. The summed E-state index contributed by atoms with van der Waals surface area (Å²) in [5, 5.41) is 3.05. The maximum Gasteiger partial charge on any atom is 0.120 e. The smallest absolute Gasteiger partial charge is 0.120 e. The van der Waals surface area contributed by atoms with Gasteiger partial charge >= 0.3 is 0 Å². The number of benzene rings is 1. The van der Waals surface area contributed by atoms with E-state index in [1.165, 1.54) is 5.56 Å². The van der Waals surface area contributed by atoms with E-state index in [1.54, 1.807) is 0 Å². The highest BCUT2D eigenvalue weighted by Crippen LogP contribution is 2.19. The van der Waals surface area contributed by atoms with E-state index >= 15 is 0 Å². The van der Waals surface area contributed by atoms with Crippen molar-refractivity contribution in [2.24, 2.45) is 0 Å². The van der Waals surface area contributed by atoms with Gasteiger partial charge in [0.05, 0.1) is 0 Å². The molecule has 1 rings (SSSR count). The van der Waals surface area contributed by atoms with Gasteiger partial charge in [-0.05, 0) is 30.7 Å². The molecule has 0 heterocycles. The Labute approximate surface area is 110 Å². The number of halogens is 1. The van der Waals surface area contributed by atoms with Gasteiger partial charge in [-0.1, -0.05) is 38.1 Å². The van der Waals surface area contributed by atoms with Gasteiger partial charge in [0.25, 0.3) is 0 Å². The van der Waals surface area contributed by atoms with Crippen LogP contribution in [0, 0.1) is 0 Å². The largest absolute Gasteiger partial charge is 0.490 e. The van der Waals surface area contributed by atoms with E-state index in [1.807, 2.05) is 25.3 Å². The molecule has 0 aliphatic heterocycles. The topological polar surface area (TPSA) is 21.3 Å². The number of rotatable bonds is 6. The summed E-state index contributed by atoms with van der Waals surface area (Å²) in [7, 11) is 1.93. The van der Waals surface area contributed by atoms with Crippen LogP contribution in [-0.2, 0) is 0 Å². The molecule has 0 radical (unpaired) electrons. The van der Waals surface area contributed by atoms with Crippen LogP contribution in [0.15, 0.2) is 36.4 Å². The lowest BCUT2D eigenvalue weighted by Gasteiger charge is -2.08. The zero-order chi connectivity index (χ0) is 11.8. The van der Waals surface area contributed by atoms with E-state index in [0.29, 0.717) is 12.5 Å². The Bertz CT molecular complexity index is 337. The molecule has 0 aliphatic carbocycles. The zero-order valence-corrected chi connectivity index (χ0v) is 11.6. The summed E-state index contributed by atoms with van der Waals surface area (Å²) in [5.74, 6) is 1.49. The van der Waals surface area contributed by atoms with Crippen LogP contribution in [0.1, 0.15) is 25.3 Å². The Morgan fingerprint density at radius 3 is 2.71 bits per heavy atom. The van der Waals surface area contributed by atoms with Crippen molar-refractivity contribution in [2.75, 3.05) is 20.2 Å². The molecule has 1 N–H and O–H groups in total. The van der Waals surface area contributed by atoms with Crippen molar-refractivity contribution in [1.29, 1.82) is 0 Å². The third-order valence-corrected chi connectivity index (χ3v) is 2.36. The highest BCUT2D eigenvalue weighted by Gasteiger charge is 1.99. The molecule has 0 amide bonds. The lowest BCUT2D eigenvalue weighted by molar-refractivity contribution is 0.362. The molecule has 96 valence electrons. The fraction of sp³-hybridized carbons (Fsp3) is 0.429. The Morgan fingerprint density at radius 2 is 2.06 bits per heavy atom. The van der Waals surface area contributed by atoms with Gasteiger partial charge in [0.15, 0.2) is 0 Å². The highest BCUT2D eigenvalue weighted by molar-refractivity contribution is 5.85. The molecule has 0 aliphatic rings. The van der Waals surface area contributed by atoms with Crippen LogP contribution >= 0.6 is 12.4 Å². The molecule has 3 heteroatoms. The first-order valence-corrected chi connectivity index (χ1v) is 5.76. The van der Waals surface area contributed by atoms with Crippen molar-refractivity contribution in [3.05, 3.63) is 42.0 Å². The van der Waals surface area contributed by atoms with E-state index in [0.717, 1.165) is 12.3 Å². The van der Waals surface area contributed by atoms with E-state index in [4.69, 9.17) is 4.74 Å². The van der Waals surface area contributed by atoms with Crippen molar-refractivity contribution in [1.82, 2.24) is 5.32 Å². The van der Waals surface area contributed by atoms with Crippen molar-refractivity contribution < 1.29 is 4.74 Å². The van der Waals surface area contributed by atoms with Gasteiger partial charge in [0.2, 0.25) is 0 Å². The number of nitrogens with one attached hydrogen (secondary N) is 1. The van der Waals surface area contributed by atoms with Crippen molar-refractivity contribution in [3.63, 3.8) is 0 Å². The van der Waals surface area contributed by atoms with Crippen LogP contribution in [0.2, 0.25) is 0 Å². The molecular formula is C14H22ClNO. The maximum absolute atomic E-state index is 5.63. The predicted octanol–water partition coefficient (Wildman–Crippen LogP) is 3.39. The second-order valence-corrected chi connectivity index (χ2v) is 4.07. The second-order valence-electron chi connectivity index (χ2n) is 4.07. The molecule has 1 aromatic carbocycles. The van der Waals surface area contributed by atoms with Gasteiger partial charge in [-0.2, -0.15) is 0 Å². The summed E-state index contributed by atoms with van der Waals surface area (Å²) in [5.41, 5.74) is 1.32. The molecule has 0 aromatic heterocycles. The van der Waals surface area contributed by atoms with Crippen LogP contribution in [0.4, 0.5) is 0 Å². The number of likely N-dealkylation sites (N-methyl/N-ethyl adjacent to an activating group) is 1. The van der Waals surface area contributed by atoms with Crippen LogP contribution < -0.4 is 10.1 Å². The van der Waals surface area contributed by atoms with E-state index in [2.05, 4.69) is 37.4 Å². The molecule has 2 nitrogen and oxygen atoms in total. The minimum absolute atomic E-state index is 0. The van der Waals surface area contributed by atoms with E-state index < -0.39 is 0 Å². The van der Waals surface area contributed by atoms with Crippen molar-refractivity contribution >= 4 is 12.4 Å². The van der Waals surface area contributed by atoms with Gasteiger partial charge in [-0.25, -0.2) is 0 Å². The Morgan fingerprint density at radius 1 is 1.29 bits per heavy atom. The van der Waals surface area contributed by atoms with Crippen LogP contribution in [-0.4, -0.2) is 20.2 Å². The van der Waals surface area contributed by atoms with Crippen LogP contribution in [0.25, 0.3) is 0 Å². The summed E-state index contributed by atoms with van der Waals surface area (Å²) >= 11 is 0. The van der Waals surface area contributed by atoms with Crippen molar-refractivity contribution in [2.45, 2.75) is 19.8 Å². The minimum Gasteiger partial charge on any atom is -0.490 e. The molecule has 0 saturated carbocycles. The van der Waals surface area contributed by atoms with Gasteiger partial charge < -0.3 is 10.1 Å². The van der Waals surface area contributed by atoms with Gasteiger partial charge in [0, 0.05) is 6.54 Å². The summed E-state index contributed by atoms with van der Waals surface area (Å²) in [6, 6.07) is 8.28. The molecular weight excluding hydrogens is 234 g/mol. The molecule has 0 atom stereocenters. The Balaban J connectivity index is 0.00000256. The number of hydrogen-bond donors (Lipinski definition) is 1. The fourth-order valence-corrected chi connectivity index (χ4v) is 1.38. The van der Waals surface area contributed by atoms with E-state index in [9.17, 15) is 0 Å². The lowest BCUT2D eigenvalue weighted by Crippen LogP contribution is -2.04. The first kappa shape index (κ1) is 16.0. The third kappa shape index (κ3) is 6.35. The Kier molecular flexibility index (Phi) is 8.55. The SMILES string of the molecule is CNC/C=C/COc1cccc(C(C)C)c1.Cl. The van der Waals surface area contributed by atoms with Gasteiger partial charge in [-0.3, -0.25) is 0 Å². The summed E-state index contributed by atoms with van der Waals surface area (Å²) in [4.78, 5) is 0. The van der Waals surface area contributed by atoms with E-state index in [-0.39, 0.29) is 12.4 Å². The molecule has 0 fully saturated rings. The highest BCUT2D eigenvalue weighted by atomic mass is 35.5. The molecule has 0 saturated heterocycles. The monoisotopic (exact) mass is 255 g/mol. The molecule has 0 bridgehead atoms. The van der Waals surface area contributed by atoms with Crippen LogP contribution in [0.5, 0.6) is 5.75 Å². The number of hydrogen-bond acceptors (Lipinski definition) is 2. The minimum atomic E-state index is 0. The normalized spacial score (nSPS) is 10.6. The molecule has 0 spiro atoms. The maximum atomic E-state index is 5.63. The summed E-state index contributed by atoms with van der Waals surface area (Å²) < 4.78 is 5.63. The molecule has 17 heavy (non-hydrogen) atoms. The average Bonchev–Trinajstić information content (AvgIpc) is 2.29. The summed E-state index contributed by atoms with van der Waals surface area (Å²) in [6.45, 7) is 5.89.